The van der Waals surface area contributed by atoms with Gasteiger partial charge in [0.25, 0.3) is 0 Å². The molecule has 0 aliphatic heterocycles. The fourth-order valence-corrected chi connectivity index (χ4v) is 2.83. The average Bonchev–Trinajstić information content (AvgIpc) is 2.78. The van der Waals surface area contributed by atoms with E-state index < -0.39 is 6.09 Å². The van der Waals surface area contributed by atoms with Crippen LogP contribution in [0.4, 0.5) is 10.5 Å². The molecule has 0 unspecified atom stereocenters. The molecule has 1 amide bonds. The smallest absolute Gasteiger partial charge is 0.426 e. The third kappa shape index (κ3) is 1.85. The van der Waals surface area contributed by atoms with Crippen LogP contribution in [0.3, 0.4) is 0 Å². The van der Waals surface area contributed by atoms with Gasteiger partial charge in [-0.1, -0.05) is 36.4 Å². The predicted molar refractivity (Wildman–Crippen MR) is 78.9 cm³/mol. The molecule has 0 bridgehead atoms. The van der Waals surface area contributed by atoms with Gasteiger partial charge in [0.1, 0.15) is 0 Å². The molecule has 0 saturated carbocycles. The van der Waals surface area contributed by atoms with Crippen molar-refractivity contribution in [2.75, 3.05) is 19.1 Å². The van der Waals surface area contributed by atoms with Crippen molar-refractivity contribution in [1.29, 1.82) is 0 Å². The van der Waals surface area contributed by atoms with Crippen LogP contribution < -0.4 is 5.01 Å². The third-order valence-electron chi connectivity index (χ3n) is 3.64. The number of carbonyl (C=O) groups is 1. The van der Waals surface area contributed by atoms with Gasteiger partial charge in [-0.05, 0) is 28.3 Å². The van der Waals surface area contributed by atoms with Crippen LogP contribution in [0.15, 0.2) is 42.5 Å². The van der Waals surface area contributed by atoms with Crippen molar-refractivity contribution in [1.82, 2.24) is 5.01 Å². The number of rotatable bonds is 2. The van der Waals surface area contributed by atoms with Gasteiger partial charge in [-0.15, -0.1) is 0 Å². The van der Waals surface area contributed by atoms with E-state index in [1.165, 1.54) is 16.1 Å². The highest BCUT2D eigenvalue weighted by Crippen LogP contribution is 2.41. The Hall–Kier alpha value is -2.33. The van der Waals surface area contributed by atoms with Gasteiger partial charge in [0.2, 0.25) is 0 Å². The first-order chi connectivity index (χ1) is 9.59. The van der Waals surface area contributed by atoms with Crippen molar-refractivity contribution < 1.29 is 9.90 Å². The Balaban J connectivity index is 2.16. The zero-order chi connectivity index (χ0) is 14.3. The Kier molecular flexibility index (Phi) is 2.95. The quantitative estimate of drug-likeness (QED) is 0.726. The molecular formula is C16H16N2O2. The lowest BCUT2D eigenvalue weighted by atomic mass is 10.0. The molecule has 0 radical (unpaired) electrons. The van der Waals surface area contributed by atoms with Crippen LogP contribution in [0.5, 0.6) is 0 Å². The third-order valence-corrected chi connectivity index (χ3v) is 3.64. The molecule has 1 aliphatic rings. The van der Waals surface area contributed by atoms with E-state index in [2.05, 4.69) is 18.2 Å². The summed E-state index contributed by atoms with van der Waals surface area (Å²) in [5.74, 6) is 0. The Labute approximate surface area is 117 Å². The lowest BCUT2D eigenvalue weighted by Gasteiger charge is -2.27. The first kappa shape index (κ1) is 12.7. The van der Waals surface area contributed by atoms with E-state index in [4.69, 9.17) is 0 Å². The van der Waals surface area contributed by atoms with Crippen LogP contribution in [0.2, 0.25) is 0 Å². The summed E-state index contributed by atoms with van der Waals surface area (Å²) in [6.45, 7) is 0. The monoisotopic (exact) mass is 268 g/mol. The summed E-state index contributed by atoms with van der Waals surface area (Å²) >= 11 is 0. The van der Waals surface area contributed by atoms with Gasteiger partial charge in [0, 0.05) is 20.5 Å². The molecule has 4 nitrogen and oxygen atoms in total. The molecule has 20 heavy (non-hydrogen) atoms. The highest BCUT2D eigenvalue weighted by molar-refractivity contribution is 5.91. The summed E-state index contributed by atoms with van der Waals surface area (Å²) in [6, 6.07) is 14.0. The maximum absolute atomic E-state index is 11.5. The number of hydrogen-bond acceptors (Lipinski definition) is 2. The minimum absolute atomic E-state index is 0.733. The van der Waals surface area contributed by atoms with Crippen molar-refractivity contribution in [2.45, 2.75) is 6.42 Å². The number of benzene rings is 2. The Morgan fingerprint density at radius 3 is 2.45 bits per heavy atom. The van der Waals surface area contributed by atoms with Crippen molar-refractivity contribution in [3.05, 3.63) is 53.6 Å². The second kappa shape index (κ2) is 4.65. The van der Waals surface area contributed by atoms with Gasteiger partial charge in [0.15, 0.2) is 0 Å². The number of fused-ring (bicyclic) bond motifs is 3. The van der Waals surface area contributed by atoms with Gasteiger partial charge in [-0.3, -0.25) is 0 Å². The zero-order valence-corrected chi connectivity index (χ0v) is 11.5. The average molecular weight is 268 g/mol. The van der Waals surface area contributed by atoms with Crippen molar-refractivity contribution in [3.8, 4) is 11.1 Å². The lowest BCUT2D eigenvalue weighted by Crippen LogP contribution is -2.41. The van der Waals surface area contributed by atoms with Gasteiger partial charge >= 0.3 is 6.09 Å². The van der Waals surface area contributed by atoms with Crippen molar-refractivity contribution in [3.63, 3.8) is 0 Å². The van der Waals surface area contributed by atoms with Crippen LogP contribution in [-0.4, -0.2) is 30.3 Å². The van der Waals surface area contributed by atoms with Gasteiger partial charge in [-0.25, -0.2) is 14.8 Å². The molecule has 1 aliphatic carbocycles. The Morgan fingerprint density at radius 2 is 1.75 bits per heavy atom. The Morgan fingerprint density at radius 1 is 1.05 bits per heavy atom. The summed E-state index contributed by atoms with van der Waals surface area (Å²) in [6.07, 6.45) is -0.196. The molecule has 2 aromatic rings. The van der Waals surface area contributed by atoms with Gasteiger partial charge < -0.3 is 5.11 Å². The van der Waals surface area contributed by atoms with E-state index >= 15 is 0 Å². The molecule has 1 N–H and O–H groups in total. The van der Waals surface area contributed by atoms with E-state index in [9.17, 15) is 9.90 Å². The SMILES string of the molecule is CN(C)N(C(=O)O)c1cccc2c1Cc1ccccc1-2. The van der Waals surface area contributed by atoms with E-state index in [1.54, 1.807) is 19.1 Å². The van der Waals surface area contributed by atoms with Gasteiger partial charge in [0.05, 0.1) is 5.69 Å². The number of anilines is 1. The second-order valence-electron chi connectivity index (χ2n) is 5.08. The minimum Gasteiger partial charge on any atom is -0.464 e. The van der Waals surface area contributed by atoms with Crippen LogP contribution >= 0.6 is 0 Å². The maximum atomic E-state index is 11.5. The summed E-state index contributed by atoms with van der Waals surface area (Å²) in [5.41, 5.74) is 5.39. The molecule has 4 heteroatoms. The van der Waals surface area contributed by atoms with E-state index in [0.29, 0.717) is 0 Å². The summed E-state index contributed by atoms with van der Waals surface area (Å²) in [7, 11) is 3.46. The molecule has 0 saturated heterocycles. The van der Waals surface area contributed by atoms with Crippen molar-refractivity contribution in [2.24, 2.45) is 0 Å². The largest absolute Gasteiger partial charge is 0.464 e. The molecule has 102 valence electrons. The predicted octanol–water partition coefficient (Wildman–Crippen LogP) is 3.22. The molecular weight excluding hydrogens is 252 g/mol. The van der Waals surface area contributed by atoms with Crippen LogP contribution in [0.1, 0.15) is 11.1 Å². The number of nitrogens with zero attached hydrogens (tertiary/aromatic N) is 2. The molecule has 3 rings (SSSR count). The summed E-state index contributed by atoms with van der Waals surface area (Å²) in [5, 5.41) is 12.3. The number of carboxylic acid groups (broad SMARTS) is 1. The molecule has 0 atom stereocenters. The zero-order valence-electron chi connectivity index (χ0n) is 11.5. The fourth-order valence-electron chi connectivity index (χ4n) is 2.83. The summed E-state index contributed by atoms with van der Waals surface area (Å²) in [4.78, 5) is 11.5. The number of hydrazine groups is 1. The second-order valence-corrected chi connectivity index (χ2v) is 5.08. The molecule has 0 aromatic heterocycles. The van der Waals surface area contributed by atoms with E-state index in [0.717, 1.165) is 23.2 Å². The topological polar surface area (TPSA) is 43.8 Å². The fraction of sp³-hybridized carbons (Fsp3) is 0.188. The molecule has 2 aromatic carbocycles. The molecule has 0 spiro atoms. The number of hydrogen-bond donors (Lipinski definition) is 1. The first-order valence-corrected chi connectivity index (χ1v) is 6.50. The number of amides is 1. The Bertz CT molecular complexity index is 680. The minimum atomic E-state index is -0.973. The van der Waals surface area contributed by atoms with Crippen LogP contribution in [0, 0.1) is 0 Å². The van der Waals surface area contributed by atoms with Crippen molar-refractivity contribution >= 4 is 11.8 Å². The van der Waals surface area contributed by atoms with E-state index in [1.807, 2.05) is 24.3 Å². The van der Waals surface area contributed by atoms with Crippen LogP contribution in [-0.2, 0) is 6.42 Å². The molecule has 0 heterocycles. The standard InChI is InChI=1S/C16H16N2O2/c1-17(2)18(16(19)20)15-9-5-8-13-12-7-4-3-6-11(12)10-14(13)15/h3-9H,10H2,1-2H3,(H,19,20). The first-order valence-electron chi connectivity index (χ1n) is 6.50. The highest BCUT2D eigenvalue weighted by Gasteiger charge is 2.26. The van der Waals surface area contributed by atoms with Crippen LogP contribution in [0.25, 0.3) is 11.1 Å². The van der Waals surface area contributed by atoms with Gasteiger partial charge in [-0.2, -0.15) is 0 Å². The van der Waals surface area contributed by atoms with E-state index in [-0.39, 0.29) is 0 Å². The maximum Gasteiger partial charge on any atom is 0.426 e. The highest BCUT2D eigenvalue weighted by atomic mass is 16.4. The molecule has 0 fully saturated rings. The lowest BCUT2D eigenvalue weighted by molar-refractivity contribution is 0.184. The normalized spacial score (nSPS) is 12.2. The summed E-state index contributed by atoms with van der Waals surface area (Å²) < 4.78 is 0.